The van der Waals surface area contributed by atoms with Gasteiger partial charge in [-0.2, -0.15) is 0 Å². The average Bonchev–Trinajstić information content (AvgIpc) is 2.70. The van der Waals surface area contributed by atoms with Crippen LogP contribution < -0.4 is 10.5 Å². The molecule has 4 heteroatoms. The van der Waals surface area contributed by atoms with Gasteiger partial charge in [0.25, 0.3) is 0 Å². The highest BCUT2D eigenvalue weighted by Gasteiger charge is 2.30. The van der Waals surface area contributed by atoms with E-state index in [2.05, 4.69) is 35.8 Å². The summed E-state index contributed by atoms with van der Waals surface area (Å²) in [5, 5.41) is 0.696. The molecule has 0 aromatic heterocycles. The molecule has 0 saturated carbocycles. The lowest BCUT2D eigenvalue weighted by atomic mass is 9.95. The molecule has 0 amide bonds. The molecular formula is C17H17BrClNO. The fourth-order valence-electron chi connectivity index (χ4n) is 2.76. The molecule has 21 heavy (non-hydrogen) atoms. The maximum absolute atomic E-state index is 6.41. The highest BCUT2D eigenvalue weighted by Crippen LogP contribution is 2.37. The standard InChI is InChI=1S/C17H17BrClNO/c1-17(2)9-11-7-10(3-6-15(11)21-17)16(20)13-5-4-12(19)8-14(13)18/h3-8,16H,9,20H2,1-2H3. The highest BCUT2D eigenvalue weighted by molar-refractivity contribution is 9.10. The summed E-state index contributed by atoms with van der Waals surface area (Å²) in [7, 11) is 0. The third-order valence-corrected chi connectivity index (χ3v) is 4.67. The summed E-state index contributed by atoms with van der Waals surface area (Å²) in [5.74, 6) is 0.964. The molecule has 1 aliphatic rings. The molecule has 1 heterocycles. The van der Waals surface area contributed by atoms with Gasteiger partial charge >= 0.3 is 0 Å². The van der Waals surface area contributed by atoms with Crippen molar-refractivity contribution in [2.45, 2.75) is 31.9 Å². The maximum Gasteiger partial charge on any atom is 0.123 e. The zero-order valence-corrected chi connectivity index (χ0v) is 14.3. The van der Waals surface area contributed by atoms with E-state index in [9.17, 15) is 0 Å². The molecule has 1 atom stereocenters. The fourth-order valence-corrected chi connectivity index (χ4v) is 3.69. The van der Waals surface area contributed by atoms with Gasteiger partial charge in [-0.15, -0.1) is 0 Å². The molecule has 2 aromatic carbocycles. The first-order valence-corrected chi connectivity index (χ1v) is 8.05. The molecule has 1 unspecified atom stereocenters. The zero-order valence-electron chi connectivity index (χ0n) is 12.0. The van der Waals surface area contributed by atoms with Gasteiger partial charge in [-0.05, 0) is 48.7 Å². The minimum atomic E-state index is -0.189. The van der Waals surface area contributed by atoms with Gasteiger partial charge in [0, 0.05) is 15.9 Å². The summed E-state index contributed by atoms with van der Waals surface area (Å²) in [6.07, 6.45) is 0.907. The summed E-state index contributed by atoms with van der Waals surface area (Å²) in [4.78, 5) is 0. The second kappa shape index (κ2) is 5.31. The highest BCUT2D eigenvalue weighted by atomic mass is 79.9. The first-order valence-electron chi connectivity index (χ1n) is 6.88. The summed E-state index contributed by atoms with van der Waals surface area (Å²) >= 11 is 9.52. The molecule has 0 bridgehead atoms. The van der Waals surface area contributed by atoms with Crippen molar-refractivity contribution >= 4 is 27.5 Å². The van der Waals surface area contributed by atoms with E-state index in [0.717, 1.165) is 27.8 Å². The van der Waals surface area contributed by atoms with Crippen molar-refractivity contribution in [3.05, 3.63) is 62.6 Å². The third kappa shape index (κ3) is 2.96. The van der Waals surface area contributed by atoms with E-state index in [0.29, 0.717) is 5.02 Å². The lowest BCUT2D eigenvalue weighted by Gasteiger charge is -2.16. The van der Waals surface area contributed by atoms with E-state index in [1.165, 1.54) is 5.56 Å². The molecule has 3 rings (SSSR count). The minimum Gasteiger partial charge on any atom is -0.487 e. The molecule has 2 N–H and O–H groups in total. The number of benzene rings is 2. The molecule has 2 nitrogen and oxygen atoms in total. The third-order valence-electron chi connectivity index (χ3n) is 3.74. The Bertz CT molecular complexity index is 699. The van der Waals surface area contributed by atoms with Gasteiger partial charge in [0.2, 0.25) is 0 Å². The summed E-state index contributed by atoms with van der Waals surface area (Å²) in [6.45, 7) is 4.20. The quantitative estimate of drug-likeness (QED) is 0.823. The van der Waals surface area contributed by atoms with Crippen LogP contribution in [0.3, 0.4) is 0 Å². The molecule has 110 valence electrons. The van der Waals surface area contributed by atoms with Crippen LogP contribution in [0.1, 0.15) is 36.6 Å². The van der Waals surface area contributed by atoms with Crippen molar-refractivity contribution in [3.63, 3.8) is 0 Å². The van der Waals surface area contributed by atoms with Gasteiger partial charge in [0.1, 0.15) is 11.4 Å². The Morgan fingerprint density at radius 2 is 2.00 bits per heavy atom. The number of halogens is 2. The van der Waals surface area contributed by atoms with Crippen LogP contribution >= 0.6 is 27.5 Å². The maximum atomic E-state index is 6.41. The van der Waals surface area contributed by atoms with Crippen LogP contribution in [0.15, 0.2) is 40.9 Å². The Morgan fingerprint density at radius 3 is 2.71 bits per heavy atom. The topological polar surface area (TPSA) is 35.2 Å². The number of ether oxygens (including phenoxy) is 1. The Balaban J connectivity index is 1.95. The molecule has 0 fully saturated rings. The smallest absolute Gasteiger partial charge is 0.123 e. The van der Waals surface area contributed by atoms with Crippen molar-refractivity contribution in [1.29, 1.82) is 0 Å². The molecular weight excluding hydrogens is 350 g/mol. The predicted molar refractivity (Wildman–Crippen MR) is 90.0 cm³/mol. The fraction of sp³-hybridized carbons (Fsp3) is 0.294. The second-order valence-electron chi connectivity index (χ2n) is 6.05. The molecule has 0 saturated heterocycles. The van der Waals surface area contributed by atoms with Crippen molar-refractivity contribution in [2.24, 2.45) is 5.73 Å². The van der Waals surface area contributed by atoms with Crippen LogP contribution in [0.5, 0.6) is 5.75 Å². The van der Waals surface area contributed by atoms with Gasteiger partial charge in [-0.3, -0.25) is 0 Å². The van der Waals surface area contributed by atoms with E-state index in [1.807, 2.05) is 30.3 Å². The monoisotopic (exact) mass is 365 g/mol. The van der Waals surface area contributed by atoms with Gasteiger partial charge in [0.05, 0.1) is 6.04 Å². The van der Waals surface area contributed by atoms with E-state index in [1.54, 1.807) is 0 Å². The average molecular weight is 367 g/mol. The Hall–Kier alpha value is -1.03. The van der Waals surface area contributed by atoms with Crippen molar-refractivity contribution in [2.75, 3.05) is 0 Å². The van der Waals surface area contributed by atoms with Crippen LogP contribution in [0.4, 0.5) is 0 Å². The molecule has 0 radical (unpaired) electrons. The van der Waals surface area contributed by atoms with E-state index in [-0.39, 0.29) is 11.6 Å². The Labute approximate surface area is 138 Å². The van der Waals surface area contributed by atoms with Gasteiger partial charge in [0.15, 0.2) is 0 Å². The first-order chi connectivity index (χ1) is 9.85. The summed E-state index contributed by atoms with van der Waals surface area (Å²) in [6, 6.07) is 11.7. The summed E-state index contributed by atoms with van der Waals surface area (Å²) in [5.41, 5.74) is 9.61. The normalized spacial score (nSPS) is 17.2. The second-order valence-corrected chi connectivity index (χ2v) is 7.34. The van der Waals surface area contributed by atoms with Gasteiger partial charge < -0.3 is 10.5 Å². The minimum absolute atomic E-state index is 0.133. The largest absolute Gasteiger partial charge is 0.487 e. The van der Waals surface area contributed by atoms with Crippen molar-refractivity contribution < 1.29 is 4.74 Å². The lowest BCUT2D eigenvalue weighted by molar-refractivity contribution is 0.138. The van der Waals surface area contributed by atoms with E-state index in [4.69, 9.17) is 22.1 Å². The Morgan fingerprint density at radius 1 is 1.24 bits per heavy atom. The van der Waals surface area contributed by atoms with E-state index >= 15 is 0 Å². The van der Waals surface area contributed by atoms with Gasteiger partial charge in [-0.1, -0.05) is 45.7 Å². The molecule has 1 aliphatic heterocycles. The van der Waals surface area contributed by atoms with Crippen LogP contribution in [-0.4, -0.2) is 5.60 Å². The van der Waals surface area contributed by atoms with Crippen LogP contribution in [0.25, 0.3) is 0 Å². The summed E-state index contributed by atoms with van der Waals surface area (Å²) < 4.78 is 6.84. The molecule has 2 aromatic rings. The van der Waals surface area contributed by atoms with Crippen LogP contribution in [-0.2, 0) is 6.42 Å². The van der Waals surface area contributed by atoms with Crippen molar-refractivity contribution in [3.8, 4) is 5.75 Å². The lowest BCUT2D eigenvalue weighted by Crippen LogP contribution is -2.24. The van der Waals surface area contributed by atoms with Crippen LogP contribution in [0, 0.1) is 0 Å². The number of hydrogen-bond donors (Lipinski definition) is 1. The molecule has 0 aliphatic carbocycles. The predicted octanol–water partition coefficient (Wildman–Crippen LogP) is 4.86. The van der Waals surface area contributed by atoms with Crippen molar-refractivity contribution in [1.82, 2.24) is 0 Å². The number of nitrogens with two attached hydrogens (primary N) is 1. The van der Waals surface area contributed by atoms with E-state index < -0.39 is 0 Å². The number of hydrogen-bond acceptors (Lipinski definition) is 2. The van der Waals surface area contributed by atoms with Crippen LogP contribution in [0.2, 0.25) is 5.02 Å². The number of fused-ring (bicyclic) bond motifs is 1. The number of rotatable bonds is 2. The SMILES string of the molecule is CC1(C)Cc2cc(C(N)c3ccc(Cl)cc3Br)ccc2O1. The first kappa shape index (κ1) is 14.9. The Kier molecular flexibility index (Phi) is 3.76. The zero-order chi connectivity index (χ0) is 15.2. The van der Waals surface area contributed by atoms with Gasteiger partial charge in [-0.25, -0.2) is 0 Å². The molecule has 0 spiro atoms.